The van der Waals surface area contributed by atoms with Gasteiger partial charge in [-0.2, -0.15) is 0 Å². The predicted octanol–water partition coefficient (Wildman–Crippen LogP) is 2.85. The van der Waals surface area contributed by atoms with E-state index in [0.717, 1.165) is 42.1 Å². The highest BCUT2D eigenvalue weighted by Crippen LogP contribution is 2.40. The average Bonchev–Trinajstić information content (AvgIpc) is 3.51. The molecule has 0 bridgehead atoms. The van der Waals surface area contributed by atoms with E-state index < -0.39 is 0 Å². The predicted molar refractivity (Wildman–Crippen MR) is 117 cm³/mol. The van der Waals surface area contributed by atoms with Crippen LogP contribution in [-0.2, 0) is 6.54 Å². The van der Waals surface area contributed by atoms with Gasteiger partial charge in [-0.05, 0) is 69.1 Å². The maximum Gasteiger partial charge on any atom is 0.232 e. The maximum atomic E-state index is 8.18. The molecule has 0 unspecified atom stereocenters. The first-order chi connectivity index (χ1) is 14.4. The number of aryl methyl sites for hydroxylation is 1. The number of likely N-dealkylation sites (N-methyl/N-ethyl adjacent to an activating group) is 1. The van der Waals surface area contributed by atoms with Gasteiger partial charge < -0.3 is 15.5 Å². The molecule has 2 aromatic heterocycles. The van der Waals surface area contributed by atoms with Gasteiger partial charge in [0.2, 0.25) is 5.62 Å². The fourth-order valence-corrected chi connectivity index (χ4v) is 4.85. The minimum absolute atomic E-state index is 0.245. The molecule has 0 saturated heterocycles. The van der Waals surface area contributed by atoms with Crippen molar-refractivity contribution in [2.75, 3.05) is 7.05 Å². The number of hydrogen-bond donors (Lipinski definition) is 3. The Kier molecular flexibility index (Phi) is 6.10. The number of nitrogens with zero attached hydrogens (tertiary/aromatic N) is 4. The van der Waals surface area contributed by atoms with E-state index in [1.54, 1.807) is 7.05 Å². The second-order valence-corrected chi connectivity index (χ2v) is 9.35. The van der Waals surface area contributed by atoms with Gasteiger partial charge in [-0.25, -0.2) is 15.8 Å². The fraction of sp³-hybridized carbons (Fsp3) is 0.571. The van der Waals surface area contributed by atoms with Crippen molar-refractivity contribution in [1.29, 1.82) is 5.41 Å². The van der Waals surface area contributed by atoms with Crippen molar-refractivity contribution in [3.8, 4) is 5.75 Å². The maximum absolute atomic E-state index is 8.18. The van der Waals surface area contributed by atoms with Crippen LogP contribution in [-0.4, -0.2) is 32.1 Å². The van der Waals surface area contributed by atoms with Crippen LogP contribution in [0.5, 0.6) is 5.75 Å². The standard InChI is InChI=1S/C21H31N7OS/c1-13-18(29-15-6-4-3-5-7-15)11-10-16(25-13)19(22)17(27(2)24)12-28-21(23)26-20(30-28)14-8-9-14/h10-11,14-15,23H,3-9,12,22,24H2,1-2H3/b19-17-,23-21?. The summed E-state index contributed by atoms with van der Waals surface area (Å²) in [6, 6.07) is 3.84. The molecule has 2 aliphatic rings. The molecule has 2 saturated carbocycles. The van der Waals surface area contributed by atoms with Crippen LogP contribution in [0.2, 0.25) is 0 Å². The summed E-state index contributed by atoms with van der Waals surface area (Å²) in [5.74, 6) is 7.43. The molecule has 2 aliphatic carbocycles. The molecule has 2 fully saturated rings. The molecule has 0 aromatic carbocycles. The molecule has 0 radical (unpaired) electrons. The molecule has 2 aromatic rings. The van der Waals surface area contributed by atoms with E-state index in [4.69, 9.17) is 26.7 Å². The van der Waals surface area contributed by atoms with Gasteiger partial charge in [0.1, 0.15) is 10.8 Å². The van der Waals surface area contributed by atoms with Crippen molar-refractivity contribution in [1.82, 2.24) is 18.9 Å². The first-order valence-corrected chi connectivity index (χ1v) is 11.4. The fourth-order valence-electron chi connectivity index (χ4n) is 3.80. The highest BCUT2D eigenvalue weighted by Gasteiger charge is 2.28. The zero-order valence-electron chi connectivity index (χ0n) is 17.7. The van der Waals surface area contributed by atoms with Gasteiger partial charge in [-0.15, -0.1) is 0 Å². The van der Waals surface area contributed by atoms with E-state index in [2.05, 4.69) is 4.98 Å². The van der Waals surface area contributed by atoms with Crippen LogP contribution in [0.15, 0.2) is 17.8 Å². The lowest BCUT2D eigenvalue weighted by molar-refractivity contribution is 0.153. The normalized spacial score (nSPS) is 18.2. The monoisotopic (exact) mass is 429 g/mol. The minimum Gasteiger partial charge on any atom is -0.489 e. The highest BCUT2D eigenvalue weighted by molar-refractivity contribution is 7.06. The lowest BCUT2D eigenvalue weighted by Gasteiger charge is -2.24. The average molecular weight is 430 g/mol. The van der Waals surface area contributed by atoms with Gasteiger partial charge in [-0.3, -0.25) is 9.37 Å². The van der Waals surface area contributed by atoms with E-state index in [0.29, 0.717) is 29.6 Å². The van der Waals surface area contributed by atoms with Crippen LogP contribution in [0.3, 0.4) is 0 Å². The number of nitrogens with one attached hydrogen (secondary N) is 1. The zero-order valence-corrected chi connectivity index (χ0v) is 18.5. The van der Waals surface area contributed by atoms with Crippen molar-refractivity contribution < 1.29 is 4.74 Å². The summed E-state index contributed by atoms with van der Waals surface area (Å²) in [4.78, 5) is 9.08. The van der Waals surface area contributed by atoms with Crippen LogP contribution < -0.4 is 21.9 Å². The van der Waals surface area contributed by atoms with E-state index in [9.17, 15) is 0 Å². The smallest absolute Gasteiger partial charge is 0.232 e. The second-order valence-electron chi connectivity index (χ2n) is 8.31. The van der Waals surface area contributed by atoms with E-state index in [1.165, 1.54) is 35.8 Å². The van der Waals surface area contributed by atoms with Crippen molar-refractivity contribution in [3.63, 3.8) is 0 Å². The largest absolute Gasteiger partial charge is 0.489 e. The number of pyridine rings is 1. The highest BCUT2D eigenvalue weighted by atomic mass is 32.1. The Morgan fingerprint density at radius 3 is 2.60 bits per heavy atom. The topological polar surface area (TPSA) is 119 Å². The number of rotatable bonds is 7. The van der Waals surface area contributed by atoms with Gasteiger partial charge >= 0.3 is 0 Å². The van der Waals surface area contributed by atoms with Crippen LogP contribution >= 0.6 is 11.5 Å². The van der Waals surface area contributed by atoms with Gasteiger partial charge in [0.25, 0.3) is 0 Å². The third kappa shape index (κ3) is 4.67. The zero-order chi connectivity index (χ0) is 21.3. The molecule has 0 spiro atoms. The molecular formula is C21H31N7OS. The lowest BCUT2D eigenvalue weighted by Crippen LogP contribution is -2.32. The number of nitrogens with two attached hydrogens (primary N) is 2. The Balaban J connectivity index is 1.56. The number of ether oxygens (including phenoxy) is 1. The molecule has 2 heterocycles. The van der Waals surface area contributed by atoms with Crippen LogP contribution in [0.25, 0.3) is 5.70 Å². The first kappa shape index (κ1) is 20.9. The van der Waals surface area contributed by atoms with Crippen LogP contribution in [0, 0.1) is 12.3 Å². The Hall–Kier alpha value is -2.39. The van der Waals surface area contributed by atoms with Crippen molar-refractivity contribution >= 4 is 17.2 Å². The molecule has 9 heteroatoms. The van der Waals surface area contributed by atoms with Crippen molar-refractivity contribution in [2.24, 2.45) is 11.6 Å². The summed E-state index contributed by atoms with van der Waals surface area (Å²) in [6.07, 6.45) is 8.57. The van der Waals surface area contributed by atoms with Crippen LogP contribution in [0.4, 0.5) is 0 Å². The summed E-state index contributed by atoms with van der Waals surface area (Å²) < 4.78 is 8.01. The number of hydrazine groups is 1. The SMILES string of the molecule is Cc1nc(/C(N)=C(\Cn2sc(C3CC3)nc2=N)N(C)N)ccc1OC1CCCCC1. The Morgan fingerprint density at radius 1 is 1.23 bits per heavy atom. The number of allylic oxidation sites excluding steroid dienone is 1. The molecule has 0 amide bonds. The first-order valence-electron chi connectivity index (χ1n) is 10.7. The molecule has 4 rings (SSSR count). The van der Waals surface area contributed by atoms with Gasteiger partial charge in [0, 0.05) is 13.0 Å². The van der Waals surface area contributed by atoms with Gasteiger partial charge in [0.15, 0.2) is 0 Å². The molecule has 8 nitrogen and oxygen atoms in total. The molecule has 0 aliphatic heterocycles. The Bertz CT molecular complexity index is 983. The summed E-state index contributed by atoms with van der Waals surface area (Å²) in [6.45, 7) is 2.34. The molecular weight excluding hydrogens is 398 g/mol. The summed E-state index contributed by atoms with van der Waals surface area (Å²) >= 11 is 1.52. The summed E-state index contributed by atoms with van der Waals surface area (Å²) in [5, 5.41) is 10.7. The Morgan fingerprint density at radius 2 is 1.97 bits per heavy atom. The van der Waals surface area contributed by atoms with E-state index >= 15 is 0 Å². The van der Waals surface area contributed by atoms with Crippen molar-refractivity contribution in [3.05, 3.63) is 39.8 Å². The van der Waals surface area contributed by atoms with Gasteiger partial charge in [0.05, 0.1) is 35.4 Å². The molecule has 0 atom stereocenters. The quantitative estimate of drug-likeness (QED) is 0.460. The third-order valence-corrected chi connectivity index (χ3v) is 6.91. The summed E-state index contributed by atoms with van der Waals surface area (Å²) in [5.41, 5.74) is 9.42. The number of hydrogen-bond acceptors (Lipinski definition) is 8. The van der Waals surface area contributed by atoms with Gasteiger partial charge in [-0.1, -0.05) is 6.42 Å². The lowest BCUT2D eigenvalue weighted by atomic mass is 9.98. The second kappa shape index (κ2) is 8.77. The Labute approximate surface area is 181 Å². The van der Waals surface area contributed by atoms with Crippen molar-refractivity contribution in [2.45, 2.75) is 70.4 Å². The third-order valence-electron chi connectivity index (χ3n) is 5.77. The minimum atomic E-state index is 0.245. The summed E-state index contributed by atoms with van der Waals surface area (Å²) in [7, 11) is 1.75. The van der Waals surface area contributed by atoms with E-state index in [-0.39, 0.29) is 11.7 Å². The molecule has 162 valence electrons. The number of aromatic nitrogens is 3. The molecule has 30 heavy (non-hydrogen) atoms. The van der Waals surface area contributed by atoms with Crippen LogP contribution in [0.1, 0.15) is 67.3 Å². The molecule has 5 N–H and O–H groups in total. The van der Waals surface area contributed by atoms with E-state index in [1.807, 2.05) is 23.0 Å².